The number of nitrogens with zero attached hydrogens (tertiary/aromatic N) is 3. The summed E-state index contributed by atoms with van der Waals surface area (Å²) in [5.41, 5.74) is 6.04. The fourth-order valence-electron chi connectivity index (χ4n) is 5.07. The van der Waals surface area contributed by atoms with Gasteiger partial charge in [-0.05, 0) is 53.3 Å². The van der Waals surface area contributed by atoms with E-state index in [0.717, 1.165) is 67.4 Å². The van der Waals surface area contributed by atoms with Gasteiger partial charge in [0, 0.05) is 43.5 Å². The molecule has 0 saturated heterocycles. The van der Waals surface area contributed by atoms with E-state index in [9.17, 15) is 0 Å². The molecule has 6 rings (SSSR count). The summed E-state index contributed by atoms with van der Waals surface area (Å²) < 4.78 is 13.6. The highest BCUT2D eigenvalue weighted by atomic mass is 16.7. The Labute approximate surface area is 217 Å². The van der Waals surface area contributed by atoms with Crippen LogP contribution < -0.4 is 9.47 Å². The Bertz CT molecular complexity index is 1490. The first-order valence-electron chi connectivity index (χ1n) is 13.0. The van der Waals surface area contributed by atoms with Gasteiger partial charge in [-0.3, -0.25) is 4.90 Å². The Morgan fingerprint density at radius 2 is 1.70 bits per heavy atom. The van der Waals surface area contributed by atoms with Crippen molar-refractivity contribution in [1.29, 1.82) is 0 Å². The number of nitrogens with one attached hydrogen (secondary N) is 1. The summed E-state index contributed by atoms with van der Waals surface area (Å²) >= 11 is 0. The Kier molecular flexibility index (Phi) is 6.65. The number of hydrogen-bond acceptors (Lipinski definition) is 4. The van der Waals surface area contributed by atoms with E-state index < -0.39 is 0 Å². The first kappa shape index (κ1) is 23.4. The lowest BCUT2D eigenvalue weighted by atomic mass is 10.1. The SMILES string of the molecule is CCCCn1c(CN(Cc2ccc3c(c2)OCO3)Cc2ccc3[nH]ccc3c2)cnc1-c1ccccc1. The Morgan fingerprint density at radius 1 is 0.892 bits per heavy atom. The third kappa shape index (κ3) is 5.11. The molecule has 0 radical (unpaired) electrons. The fraction of sp³-hybridized carbons (Fsp3) is 0.258. The molecular weight excluding hydrogens is 460 g/mol. The second-order valence-electron chi connectivity index (χ2n) is 9.68. The highest BCUT2D eigenvalue weighted by molar-refractivity contribution is 5.79. The Morgan fingerprint density at radius 3 is 2.57 bits per heavy atom. The van der Waals surface area contributed by atoms with Crippen LogP contribution in [0.4, 0.5) is 0 Å². The molecule has 0 atom stereocenters. The molecule has 0 fully saturated rings. The van der Waals surface area contributed by atoms with Crippen molar-refractivity contribution in [1.82, 2.24) is 19.4 Å². The van der Waals surface area contributed by atoms with Crippen molar-refractivity contribution < 1.29 is 9.47 Å². The molecule has 1 aliphatic heterocycles. The van der Waals surface area contributed by atoms with E-state index in [0.29, 0.717) is 0 Å². The lowest BCUT2D eigenvalue weighted by Crippen LogP contribution is -2.24. The van der Waals surface area contributed by atoms with Crippen molar-refractivity contribution in [3.8, 4) is 22.9 Å². The number of imidazole rings is 1. The van der Waals surface area contributed by atoms with E-state index >= 15 is 0 Å². The lowest BCUT2D eigenvalue weighted by molar-refractivity contribution is 0.174. The van der Waals surface area contributed by atoms with Crippen molar-refractivity contribution in [2.75, 3.05) is 6.79 Å². The summed E-state index contributed by atoms with van der Waals surface area (Å²) in [5, 5.41) is 1.24. The summed E-state index contributed by atoms with van der Waals surface area (Å²) in [6, 6.07) is 25.6. The van der Waals surface area contributed by atoms with Crippen LogP contribution in [-0.4, -0.2) is 26.2 Å². The van der Waals surface area contributed by atoms with Crippen LogP contribution in [0.1, 0.15) is 36.6 Å². The third-order valence-electron chi connectivity index (χ3n) is 6.96. The first-order valence-corrected chi connectivity index (χ1v) is 13.0. The minimum Gasteiger partial charge on any atom is -0.454 e. The number of hydrogen-bond donors (Lipinski definition) is 1. The summed E-state index contributed by atoms with van der Waals surface area (Å²) in [5.74, 6) is 2.68. The van der Waals surface area contributed by atoms with Gasteiger partial charge in [-0.15, -0.1) is 0 Å². The number of fused-ring (bicyclic) bond motifs is 2. The van der Waals surface area contributed by atoms with Gasteiger partial charge < -0.3 is 19.0 Å². The van der Waals surface area contributed by atoms with E-state index in [-0.39, 0.29) is 6.79 Å². The molecule has 3 heterocycles. The topological polar surface area (TPSA) is 55.3 Å². The molecule has 1 N–H and O–H groups in total. The van der Waals surface area contributed by atoms with Gasteiger partial charge >= 0.3 is 0 Å². The molecule has 188 valence electrons. The van der Waals surface area contributed by atoms with Gasteiger partial charge in [0.2, 0.25) is 6.79 Å². The maximum atomic E-state index is 5.65. The lowest BCUT2D eigenvalue weighted by Gasteiger charge is -2.24. The molecule has 6 heteroatoms. The van der Waals surface area contributed by atoms with Gasteiger partial charge in [-0.25, -0.2) is 4.98 Å². The van der Waals surface area contributed by atoms with Crippen molar-refractivity contribution >= 4 is 10.9 Å². The molecule has 6 nitrogen and oxygen atoms in total. The third-order valence-corrected chi connectivity index (χ3v) is 6.96. The molecule has 0 unspecified atom stereocenters. The molecular formula is C31H32N4O2. The van der Waals surface area contributed by atoms with Crippen LogP contribution in [0.3, 0.4) is 0 Å². The molecule has 0 saturated carbocycles. The molecule has 1 aliphatic rings. The second kappa shape index (κ2) is 10.5. The van der Waals surface area contributed by atoms with Gasteiger partial charge in [-0.1, -0.05) is 55.8 Å². The maximum absolute atomic E-state index is 5.65. The average molecular weight is 493 g/mol. The minimum atomic E-state index is 0.290. The molecule has 3 aromatic carbocycles. The van der Waals surface area contributed by atoms with Gasteiger partial charge in [0.15, 0.2) is 11.5 Å². The zero-order valence-electron chi connectivity index (χ0n) is 21.2. The minimum absolute atomic E-state index is 0.290. The Balaban J connectivity index is 1.32. The van der Waals surface area contributed by atoms with Crippen LogP contribution in [0, 0.1) is 0 Å². The van der Waals surface area contributed by atoms with Crippen molar-refractivity contribution in [3.05, 3.63) is 102 Å². The molecule has 0 spiro atoms. The number of rotatable bonds is 10. The zero-order valence-corrected chi connectivity index (χ0v) is 21.2. The van der Waals surface area contributed by atoms with Crippen LogP contribution in [0.25, 0.3) is 22.3 Å². The van der Waals surface area contributed by atoms with Crippen LogP contribution in [-0.2, 0) is 26.2 Å². The molecule has 37 heavy (non-hydrogen) atoms. The number of aromatic nitrogens is 3. The average Bonchev–Trinajstić information content (AvgIpc) is 3.67. The molecule has 2 aromatic heterocycles. The highest BCUT2D eigenvalue weighted by Gasteiger charge is 2.18. The zero-order chi connectivity index (χ0) is 25.0. The monoisotopic (exact) mass is 492 g/mol. The molecule has 0 amide bonds. The molecule has 0 aliphatic carbocycles. The number of H-pyrrole nitrogens is 1. The summed E-state index contributed by atoms with van der Waals surface area (Å²) in [7, 11) is 0. The quantitative estimate of drug-likeness (QED) is 0.234. The summed E-state index contributed by atoms with van der Waals surface area (Å²) in [4.78, 5) is 10.7. The van der Waals surface area contributed by atoms with Crippen LogP contribution >= 0.6 is 0 Å². The second-order valence-corrected chi connectivity index (χ2v) is 9.68. The molecule has 0 bridgehead atoms. The number of aromatic amines is 1. The van der Waals surface area contributed by atoms with Crippen LogP contribution in [0.5, 0.6) is 11.5 Å². The number of unbranched alkanes of at least 4 members (excludes halogenated alkanes) is 1. The van der Waals surface area contributed by atoms with Crippen LogP contribution in [0.15, 0.2) is 85.2 Å². The predicted molar refractivity (Wildman–Crippen MR) is 146 cm³/mol. The summed E-state index contributed by atoms with van der Waals surface area (Å²) in [6.45, 7) is 5.91. The Hall–Kier alpha value is -4.03. The standard InChI is InChI=1S/C31H32N4O2/c1-2-3-15-35-27(18-33-31(35)25-7-5-4-6-8-25)21-34(19-23-9-11-28-26(16-23)13-14-32-28)20-24-10-12-29-30(17-24)37-22-36-29/h4-14,16-18,32H,2-3,15,19-22H2,1H3. The van der Waals surface area contributed by atoms with Crippen molar-refractivity contribution in [3.63, 3.8) is 0 Å². The van der Waals surface area contributed by atoms with E-state index in [4.69, 9.17) is 14.5 Å². The smallest absolute Gasteiger partial charge is 0.231 e. The van der Waals surface area contributed by atoms with Crippen LogP contribution in [0.2, 0.25) is 0 Å². The van der Waals surface area contributed by atoms with E-state index in [1.807, 2.05) is 12.3 Å². The fourth-order valence-corrected chi connectivity index (χ4v) is 5.07. The maximum Gasteiger partial charge on any atom is 0.231 e. The normalized spacial score (nSPS) is 12.6. The van der Waals surface area contributed by atoms with E-state index in [1.54, 1.807) is 0 Å². The molecule has 5 aromatic rings. The van der Waals surface area contributed by atoms with Gasteiger partial charge in [0.1, 0.15) is 5.82 Å². The van der Waals surface area contributed by atoms with Crippen molar-refractivity contribution in [2.45, 2.75) is 45.9 Å². The van der Waals surface area contributed by atoms with E-state index in [1.165, 1.54) is 22.2 Å². The van der Waals surface area contributed by atoms with Gasteiger partial charge in [-0.2, -0.15) is 0 Å². The highest BCUT2D eigenvalue weighted by Crippen LogP contribution is 2.33. The number of benzene rings is 3. The largest absolute Gasteiger partial charge is 0.454 e. The van der Waals surface area contributed by atoms with Gasteiger partial charge in [0.25, 0.3) is 0 Å². The first-order chi connectivity index (χ1) is 18.3. The predicted octanol–water partition coefficient (Wildman–Crippen LogP) is 6.76. The van der Waals surface area contributed by atoms with Gasteiger partial charge in [0.05, 0.1) is 11.9 Å². The van der Waals surface area contributed by atoms with E-state index in [2.05, 4.69) is 94.3 Å². The van der Waals surface area contributed by atoms with Crippen molar-refractivity contribution in [2.24, 2.45) is 0 Å². The number of ether oxygens (including phenoxy) is 2. The summed E-state index contributed by atoms with van der Waals surface area (Å²) in [6.07, 6.45) is 6.31.